The molecular weight excluding hydrogens is 471 g/mol. The first-order chi connectivity index (χ1) is 15.8. The number of morpholine rings is 1. The van der Waals surface area contributed by atoms with Gasteiger partial charge in [-0.25, -0.2) is 17.6 Å². The lowest BCUT2D eigenvalue weighted by Gasteiger charge is -2.26. The lowest BCUT2D eigenvalue weighted by molar-refractivity contribution is 0.0601. The van der Waals surface area contributed by atoms with Crippen LogP contribution < -0.4 is 5.32 Å². The maximum atomic E-state index is 14.5. The van der Waals surface area contributed by atoms with E-state index in [0.717, 1.165) is 59.0 Å². The first-order valence-corrected chi connectivity index (χ1v) is 13.0. The Morgan fingerprint density at radius 3 is 2.61 bits per heavy atom. The Hall–Kier alpha value is -2.34. The van der Waals surface area contributed by atoms with Crippen molar-refractivity contribution in [1.82, 2.24) is 4.31 Å². The monoisotopic (exact) mass is 496 g/mol. The van der Waals surface area contributed by atoms with E-state index in [-0.39, 0.29) is 31.9 Å². The van der Waals surface area contributed by atoms with Crippen LogP contribution in [0.25, 0.3) is 0 Å². The first kappa shape index (κ1) is 23.8. The highest BCUT2D eigenvalue weighted by molar-refractivity contribution is 7.89. The summed E-state index contributed by atoms with van der Waals surface area (Å²) in [5, 5.41) is 3.09. The number of carbonyl (C=O) groups is 2. The molecule has 33 heavy (non-hydrogen) atoms. The summed E-state index contributed by atoms with van der Waals surface area (Å²) in [5.74, 6) is -2.09. The predicted octanol–water partition coefficient (Wildman–Crippen LogP) is 3.22. The molecule has 2 heterocycles. The van der Waals surface area contributed by atoms with Gasteiger partial charge in [-0.05, 0) is 49.4 Å². The Morgan fingerprint density at radius 1 is 1.15 bits per heavy atom. The van der Waals surface area contributed by atoms with E-state index in [1.54, 1.807) is 0 Å². The highest BCUT2D eigenvalue weighted by Crippen LogP contribution is 2.38. The third kappa shape index (κ3) is 4.81. The molecule has 11 heteroatoms. The van der Waals surface area contributed by atoms with Crippen molar-refractivity contribution in [1.29, 1.82) is 0 Å². The van der Waals surface area contributed by atoms with Gasteiger partial charge in [0.2, 0.25) is 10.0 Å². The highest BCUT2D eigenvalue weighted by Gasteiger charge is 2.31. The van der Waals surface area contributed by atoms with Crippen molar-refractivity contribution >= 4 is 38.2 Å². The van der Waals surface area contributed by atoms with Crippen molar-refractivity contribution < 1.29 is 31.9 Å². The molecule has 8 nitrogen and oxygen atoms in total. The molecule has 0 radical (unpaired) electrons. The van der Waals surface area contributed by atoms with Crippen molar-refractivity contribution in [2.24, 2.45) is 0 Å². The maximum Gasteiger partial charge on any atom is 0.341 e. The Bertz CT molecular complexity index is 1170. The zero-order chi connectivity index (χ0) is 23.6. The number of amides is 1. The summed E-state index contributed by atoms with van der Waals surface area (Å²) in [5.41, 5.74) is 1.22. The van der Waals surface area contributed by atoms with Crippen LogP contribution in [0.4, 0.5) is 9.39 Å². The van der Waals surface area contributed by atoms with Crippen LogP contribution in [0, 0.1) is 5.82 Å². The van der Waals surface area contributed by atoms with Gasteiger partial charge in [-0.3, -0.25) is 4.79 Å². The summed E-state index contributed by atoms with van der Waals surface area (Å²) < 4.78 is 51.6. The van der Waals surface area contributed by atoms with Crippen LogP contribution in [0.3, 0.4) is 0 Å². The molecule has 0 saturated carbocycles. The van der Waals surface area contributed by atoms with E-state index < -0.39 is 32.6 Å². The zero-order valence-electron chi connectivity index (χ0n) is 18.2. The Labute approximate surface area is 195 Å². The van der Waals surface area contributed by atoms with Crippen LogP contribution in [0.5, 0.6) is 0 Å². The Balaban J connectivity index is 1.65. The molecule has 2 aliphatic rings. The number of carbonyl (C=O) groups excluding carboxylic acids is 2. The molecule has 0 spiro atoms. The molecule has 1 aliphatic heterocycles. The van der Waals surface area contributed by atoms with Crippen LogP contribution >= 0.6 is 11.3 Å². The van der Waals surface area contributed by atoms with E-state index in [9.17, 15) is 22.4 Å². The molecule has 1 aromatic heterocycles. The van der Waals surface area contributed by atoms with Crippen molar-refractivity contribution in [3.05, 3.63) is 45.6 Å². The number of nitrogens with zero attached hydrogens (tertiary/aromatic N) is 1. The average Bonchev–Trinajstić information content (AvgIpc) is 2.99. The number of benzene rings is 1. The summed E-state index contributed by atoms with van der Waals surface area (Å²) in [6.45, 7) is 0.670. The van der Waals surface area contributed by atoms with E-state index in [0.29, 0.717) is 10.6 Å². The predicted molar refractivity (Wildman–Crippen MR) is 121 cm³/mol. The fourth-order valence-corrected chi connectivity index (χ4v) is 6.86. The Morgan fingerprint density at radius 2 is 1.88 bits per heavy atom. The largest absolute Gasteiger partial charge is 0.465 e. The minimum absolute atomic E-state index is 0.0253. The Kier molecular flexibility index (Phi) is 7.13. The van der Waals surface area contributed by atoms with Gasteiger partial charge in [-0.2, -0.15) is 4.31 Å². The molecule has 1 aromatic carbocycles. The fraction of sp³-hybridized carbons (Fsp3) is 0.455. The molecule has 1 amide bonds. The van der Waals surface area contributed by atoms with Crippen molar-refractivity contribution in [2.45, 2.75) is 37.0 Å². The molecule has 1 fully saturated rings. The maximum absolute atomic E-state index is 14.5. The number of sulfonamides is 1. The van der Waals surface area contributed by atoms with Gasteiger partial charge < -0.3 is 14.8 Å². The van der Waals surface area contributed by atoms with Crippen LogP contribution in [0.15, 0.2) is 23.1 Å². The molecule has 1 saturated heterocycles. The second kappa shape index (κ2) is 9.88. The SMILES string of the molecule is COC(=O)c1c(NC(=O)c2ccc(F)c(S(=O)(=O)N3CCOCC3)c2)sc2c1CCCCC2. The van der Waals surface area contributed by atoms with Gasteiger partial charge in [-0.1, -0.05) is 6.42 Å². The highest BCUT2D eigenvalue weighted by atomic mass is 32.2. The number of aryl methyl sites for hydroxylation is 1. The lowest BCUT2D eigenvalue weighted by atomic mass is 10.1. The molecule has 178 valence electrons. The number of rotatable bonds is 5. The number of hydrogen-bond donors (Lipinski definition) is 1. The minimum atomic E-state index is -4.13. The number of hydrogen-bond acceptors (Lipinski definition) is 7. The quantitative estimate of drug-likeness (QED) is 0.504. The van der Waals surface area contributed by atoms with Crippen LogP contribution in [-0.2, 0) is 32.3 Å². The van der Waals surface area contributed by atoms with Crippen LogP contribution in [0.2, 0.25) is 0 Å². The number of esters is 1. The molecule has 2 aromatic rings. The zero-order valence-corrected chi connectivity index (χ0v) is 19.8. The molecule has 0 bridgehead atoms. The van der Waals surface area contributed by atoms with Crippen molar-refractivity contribution in [3.8, 4) is 0 Å². The number of anilines is 1. The molecule has 4 rings (SSSR count). The summed E-state index contributed by atoms with van der Waals surface area (Å²) in [6, 6.07) is 3.22. The minimum Gasteiger partial charge on any atom is -0.465 e. The van der Waals surface area contributed by atoms with E-state index in [2.05, 4.69) is 5.32 Å². The molecule has 0 unspecified atom stereocenters. The van der Waals surface area contributed by atoms with Gasteiger partial charge in [-0.15, -0.1) is 11.3 Å². The van der Waals surface area contributed by atoms with E-state index in [4.69, 9.17) is 9.47 Å². The number of methoxy groups -OCH3 is 1. The standard InChI is InChI=1S/C22H25FN2O6S2/c1-30-22(27)19-15-5-3-2-4-6-17(15)32-21(19)24-20(26)14-7-8-16(23)18(13-14)33(28,29)25-9-11-31-12-10-25/h7-8,13H,2-6,9-12H2,1H3,(H,24,26). The number of thiophene rings is 1. The molecular formula is C22H25FN2O6S2. The van der Waals surface area contributed by atoms with Gasteiger partial charge in [0.25, 0.3) is 5.91 Å². The number of nitrogens with one attached hydrogen (secondary N) is 1. The second-order valence-electron chi connectivity index (χ2n) is 7.88. The van der Waals surface area contributed by atoms with Gasteiger partial charge in [0.1, 0.15) is 15.7 Å². The van der Waals surface area contributed by atoms with E-state index >= 15 is 0 Å². The van der Waals surface area contributed by atoms with Gasteiger partial charge in [0.15, 0.2) is 0 Å². The smallest absolute Gasteiger partial charge is 0.341 e. The molecule has 1 aliphatic carbocycles. The summed E-state index contributed by atoms with van der Waals surface area (Å²) in [7, 11) is -2.84. The second-order valence-corrected chi connectivity index (χ2v) is 10.9. The van der Waals surface area contributed by atoms with Gasteiger partial charge in [0.05, 0.1) is 25.9 Å². The molecule has 1 N–H and O–H groups in total. The fourth-order valence-electron chi connectivity index (χ4n) is 4.09. The van der Waals surface area contributed by atoms with Crippen molar-refractivity contribution in [2.75, 3.05) is 38.7 Å². The normalized spacial score (nSPS) is 17.2. The topological polar surface area (TPSA) is 102 Å². The van der Waals surface area contributed by atoms with Gasteiger partial charge >= 0.3 is 5.97 Å². The number of ether oxygens (including phenoxy) is 2. The number of fused-ring (bicyclic) bond motifs is 1. The summed E-state index contributed by atoms with van der Waals surface area (Å²) in [6.07, 6.45) is 4.56. The van der Waals surface area contributed by atoms with Crippen LogP contribution in [-0.4, -0.2) is 58.0 Å². The van der Waals surface area contributed by atoms with Crippen molar-refractivity contribution in [3.63, 3.8) is 0 Å². The average molecular weight is 497 g/mol. The van der Waals surface area contributed by atoms with Gasteiger partial charge in [0, 0.05) is 23.5 Å². The number of halogens is 1. The third-order valence-electron chi connectivity index (χ3n) is 5.82. The summed E-state index contributed by atoms with van der Waals surface area (Å²) >= 11 is 1.33. The van der Waals surface area contributed by atoms with E-state index in [1.807, 2.05) is 0 Å². The summed E-state index contributed by atoms with van der Waals surface area (Å²) in [4.78, 5) is 26.0. The lowest BCUT2D eigenvalue weighted by Crippen LogP contribution is -2.41. The van der Waals surface area contributed by atoms with E-state index in [1.165, 1.54) is 24.5 Å². The first-order valence-electron chi connectivity index (χ1n) is 10.7. The third-order valence-corrected chi connectivity index (χ3v) is 8.94. The van der Waals surface area contributed by atoms with Crippen LogP contribution in [0.1, 0.15) is 50.4 Å². The molecule has 0 atom stereocenters.